The van der Waals surface area contributed by atoms with Gasteiger partial charge in [0, 0.05) is 25.7 Å². The second kappa shape index (κ2) is 7.28. The van der Waals surface area contributed by atoms with E-state index in [1.165, 1.54) is 20.3 Å². The van der Waals surface area contributed by atoms with Gasteiger partial charge in [0.25, 0.3) is 0 Å². The number of sulfonamides is 1. The summed E-state index contributed by atoms with van der Waals surface area (Å²) in [5.74, 6) is 0.779. The van der Waals surface area contributed by atoms with E-state index in [9.17, 15) is 8.42 Å². The molecule has 0 bridgehead atoms. The first kappa shape index (κ1) is 17.0. The minimum atomic E-state index is -3.67. The molecular weight excluding hydrogens is 308 g/mol. The highest BCUT2D eigenvalue weighted by molar-refractivity contribution is 7.89. The molecule has 1 aromatic rings. The molecule has 22 heavy (non-hydrogen) atoms. The van der Waals surface area contributed by atoms with Crippen molar-refractivity contribution in [3.8, 4) is 11.5 Å². The molecule has 0 aromatic heterocycles. The smallest absolute Gasteiger partial charge is 0.244 e. The van der Waals surface area contributed by atoms with E-state index in [4.69, 9.17) is 14.2 Å². The van der Waals surface area contributed by atoms with Gasteiger partial charge in [0.15, 0.2) is 0 Å². The van der Waals surface area contributed by atoms with Crippen molar-refractivity contribution in [2.75, 3.05) is 47.5 Å². The van der Waals surface area contributed by atoms with E-state index in [1.807, 2.05) is 7.05 Å². The first-order valence-electron chi connectivity index (χ1n) is 6.98. The third-order valence-corrected chi connectivity index (χ3v) is 4.97. The van der Waals surface area contributed by atoms with Crippen molar-refractivity contribution in [1.82, 2.24) is 9.62 Å². The van der Waals surface area contributed by atoms with E-state index >= 15 is 0 Å². The van der Waals surface area contributed by atoms with Crippen LogP contribution in [0.25, 0.3) is 0 Å². The van der Waals surface area contributed by atoms with Crippen molar-refractivity contribution < 1.29 is 22.6 Å². The Morgan fingerprint density at radius 2 is 2.14 bits per heavy atom. The second-order valence-corrected chi connectivity index (χ2v) is 6.86. The van der Waals surface area contributed by atoms with E-state index in [0.29, 0.717) is 18.9 Å². The molecule has 1 aliphatic rings. The van der Waals surface area contributed by atoms with Gasteiger partial charge >= 0.3 is 0 Å². The molecule has 1 fully saturated rings. The van der Waals surface area contributed by atoms with E-state index in [-0.39, 0.29) is 23.3 Å². The second-order valence-electron chi connectivity index (χ2n) is 5.12. The van der Waals surface area contributed by atoms with Crippen LogP contribution in [0.5, 0.6) is 11.5 Å². The minimum Gasteiger partial charge on any atom is -0.497 e. The average molecular weight is 330 g/mol. The highest BCUT2D eigenvalue weighted by Gasteiger charge is 2.24. The Morgan fingerprint density at radius 1 is 1.36 bits per heavy atom. The molecule has 1 heterocycles. The standard InChI is InChI=1S/C14H22N2O5S/c1-16-6-7-21-12(10-16)9-15-22(17,18)14-5-4-11(19-2)8-13(14)20-3/h4-5,8,12,15H,6-7,9-10H2,1-3H3. The molecule has 1 aromatic carbocycles. The van der Waals surface area contributed by atoms with Crippen LogP contribution in [0, 0.1) is 0 Å². The fourth-order valence-corrected chi connectivity index (χ4v) is 3.48. The summed E-state index contributed by atoms with van der Waals surface area (Å²) in [7, 11) is 1.24. The summed E-state index contributed by atoms with van der Waals surface area (Å²) in [6.45, 7) is 2.38. The molecule has 1 saturated heterocycles. The number of morpholine rings is 1. The largest absolute Gasteiger partial charge is 0.497 e. The van der Waals surface area contributed by atoms with Crippen LogP contribution in [0.15, 0.2) is 23.1 Å². The van der Waals surface area contributed by atoms with Crippen molar-refractivity contribution >= 4 is 10.0 Å². The number of likely N-dealkylation sites (N-methyl/N-ethyl adjacent to an activating group) is 1. The van der Waals surface area contributed by atoms with Crippen LogP contribution in [0.2, 0.25) is 0 Å². The van der Waals surface area contributed by atoms with Gasteiger partial charge in [-0.1, -0.05) is 0 Å². The summed E-state index contributed by atoms with van der Waals surface area (Å²) in [5, 5.41) is 0. The summed E-state index contributed by atoms with van der Waals surface area (Å²) in [5.41, 5.74) is 0. The molecule has 1 aliphatic heterocycles. The Balaban J connectivity index is 2.09. The van der Waals surface area contributed by atoms with E-state index in [0.717, 1.165) is 6.54 Å². The predicted octanol–water partition coefficient (Wildman–Crippen LogP) is 0.313. The van der Waals surface area contributed by atoms with Gasteiger partial charge < -0.3 is 19.1 Å². The van der Waals surface area contributed by atoms with Crippen LogP contribution in [0.3, 0.4) is 0 Å². The van der Waals surface area contributed by atoms with Crippen LogP contribution >= 0.6 is 0 Å². The van der Waals surface area contributed by atoms with Crippen molar-refractivity contribution in [1.29, 1.82) is 0 Å². The monoisotopic (exact) mass is 330 g/mol. The third-order valence-electron chi connectivity index (χ3n) is 3.50. The molecule has 1 unspecified atom stereocenters. The number of hydrogen-bond acceptors (Lipinski definition) is 6. The lowest BCUT2D eigenvalue weighted by Crippen LogP contribution is -2.45. The van der Waals surface area contributed by atoms with Crippen LogP contribution in [0.4, 0.5) is 0 Å². The highest BCUT2D eigenvalue weighted by Crippen LogP contribution is 2.28. The van der Waals surface area contributed by atoms with Crippen LogP contribution < -0.4 is 14.2 Å². The molecule has 2 rings (SSSR count). The molecule has 7 nitrogen and oxygen atoms in total. The zero-order valence-corrected chi connectivity index (χ0v) is 13.9. The topological polar surface area (TPSA) is 77.1 Å². The van der Waals surface area contributed by atoms with E-state index in [2.05, 4.69) is 9.62 Å². The zero-order valence-electron chi connectivity index (χ0n) is 13.0. The van der Waals surface area contributed by atoms with Gasteiger partial charge in [0.05, 0.1) is 26.9 Å². The molecule has 0 amide bonds. The normalized spacial score (nSPS) is 19.9. The minimum absolute atomic E-state index is 0.0833. The van der Waals surface area contributed by atoms with Crippen molar-refractivity contribution in [2.24, 2.45) is 0 Å². The Kier molecular flexibility index (Phi) is 5.63. The van der Waals surface area contributed by atoms with Gasteiger partial charge in [0.2, 0.25) is 10.0 Å². The summed E-state index contributed by atoms with van der Waals surface area (Å²) >= 11 is 0. The lowest BCUT2D eigenvalue weighted by molar-refractivity contribution is -0.0156. The molecule has 0 saturated carbocycles. The summed E-state index contributed by atoms with van der Waals surface area (Å²) in [6.07, 6.45) is -0.155. The molecule has 8 heteroatoms. The number of rotatable bonds is 6. The Labute approximate surface area is 131 Å². The number of nitrogens with one attached hydrogen (secondary N) is 1. The quantitative estimate of drug-likeness (QED) is 0.809. The SMILES string of the molecule is COc1ccc(S(=O)(=O)NCC2CN(C)CCO2)c(OC)c1. The molecule has 0 aliphatic carbocycles. The number of hydrogen-bond donors (Lipinski definition) is 1. The maximum atomic E-state index is 12.4. The van der Waals surface area contributed by atoms with Crippen molar-refractivity contribution in [2.45, 2.75) is 11.0 Å². The average Bonchev–Trinajstić information content (AvgIpc) is 2.52. The molecule has 1 N–H and O–H groups in total. The highest BCUT2D eigenvalue weighted by atomic mass is 32.2. The fourth-order valence-electron chi connectivity index (χ4n) is 2.27. The van der Waals surface area contributed by atoms with Crippen molar-refractivity contribution in [3.63, 3.8) is 0 Å². The van der Waals surface area contributed by atoms with Gasteiger partial charge in [-0.05, 0) is 19.2 Å². The maximum absolute atomic E-state index is 12.4. The van der Waals surface area contributed by atoms with Gasteiger partial charge in [-0.2, -0.15) is 0 Å². The van der Waals surface area contributed by atoms with Crippen LogP contribution in [-0.2, 0) is 14.8 Å². The van der Waals surface area contributed by atoms with Crippen LogP contribution in [0.1, 0.15) is 0 Å². The van der Waals surface area contributed by atoms with E-state index in [1.54, 1.807) is 12.1 Å². The first-order chi connectivity index (χ1) is 10.5. The van der Waals surface area contributed by atoms with Gasteiger partial charge in [-0.3, -0.25) is 0 Å². The number of ether oxygens (including phenoxy) is 3. The number of benzene rings is 1. The van der Waals surface area contributed by atoms with Crippen LogP contribution in [-0.4, -0.2) is 66.9 Å². The zero-order chi connectivity index (χ0) is 16.2. The van der Waals surface area contributed by atoms with Gasteiger partial charge in [-0.15, -0.1) is 0 Å². The van der Waals surface area contributed by atoms with Crippen molar-refractivity contribution in [3.05, 3.63) is 18.2 Å². The summed E-state index contributed by atoms with van der Waals surface area (Å²) < 4.78 is 43.2. The maximum Gasteiger partial charge on any atom is 0.244 e. The van der Waals surface area contributed by atoms with Gasteiger partial charge in [-0.25, -0.2) is 13.1 Å². The fraction of sp³-hybridized carbons (Fsp3) is 0.571. The molecular formula is C14H22N2O5S. The molecule has 1 atom stereocenters. The Morgan fingerprint density at radius 3 is 2.77 bits per heavy atom. The Hall–Kier alpha value is -1.35. The summed E-state index contributed by atoms with van der Waals surface area (Å²) in [6, 6.07) is 4.59. The molecule has 124 valence electrons. The predicted molar refractivity (Wildman–Crippen MR) is 82.0 cm³/mol. The first-order valence-corrected chi connectivity index (χ1v) is 8.46. The lowest BCUT2D eigenvalue weighted by atomic mass is 10.3. The summed E-state index contributed by atoms with van der Waals surface area (Å²) in [4.78, 5) is 2.19. The Bertz CT molecular complexity index is 605. The molecule has 0 radical (unpaired) electrons. The van der Waals surface area contributed by atoms with Gasteiger partial charge in [0.1, 0.15) is 16.4 Å². The molecule has 0 spiro atoms. The number of methoxy groups -OCH3 is 2. The number of nitrogens with zero attached hydrogens (tertiary/aromatic N) is 1. The lowest BCUT2D eigenvalue weighted by Gasteiger charge is -2.30. The van der Waals surface area contributed by atoms with E-state index < -0.39 is 10.0 Å². The third kappa shape index (κ3) is 4.10.